The number of rotatable bonds is 4. The molecule has 2 N–H and O–H groups in total. The number of halogens is 6. The predicted molar refractivity (Wildman–Crippen MR) is 112 cm³/mol. The number of alkyl halides is 6. The van der Waals surface area contributed by atoms with E-state index >= 15 is 0 Å². The molecule has 2 fully saturated rings. The molecular formula is C21H24F6N4O6. The molecule has 0 aromatic carbocycles. The fourth-order valence-electron chi connectivity index (χ4n) is 3.69. The molecule has 0 radical (unpaired) electrons. The highest BCUT2D eigenvalue weighted by Crippen LogP contribution is 2.33. The predicted octanol–water partition coefficient (Wildman–Crippen LogP) is 2.89. The van der Waals surface area contributed by atoms with Gasteiger partial charge in [0.15, 0.2) is 0 Å². The quantitative estimate of drug-likeness (QED) is 0.561. The van der Waals surface area contributed by atoms with Crippen LogP contribution in [0.5, 0.6) is 5.75 Å². The minimum atomic E-state index is -5.08. The minimum Gasteiger partial charge on any atom is -0.486 e. The minimum absolute atomic E-state index is 0.112. The number of aryl methyl sites for hydroxylation is 1. The molecule has 0 amide bonds. The van der Waals surface area contributed by atoms with Crippen molar-refractivity contribution in [2.45, 2.75) is 50.0 Å². The Morgan fingerprint density at radius 1 is 1.11 bits per heavy atom. The number of ether oxygens (including phenoxy) is 2. The molecule has 1 saturated carbocycles. The number of fused-ring (bicyclic) bond motifs is 1. The van der Waals surface area contributed by atoms with Gasteiger partial charge in [-0.25, -0.2) is 9.59 Å². The number of hydrogen-bond acceptors (Lipinski definition) is 7. The molecule has 3 heterocycles. The lowest BCUT2D eigenvalue weighted by Gasteiger charge is -2.38. The average molecular weight is 542 g/mol. The Bertz CT molecular complexity index is 993. The fraction of sp³-hybridized carbons (Fsp3) is 0.524. The number of morpholine rings is 1. The van der Waals surface area contributed by atoms with E-state index in [2.05, 4.69) is 21.2 Å². The van der Waals surface area contributed by atoms with Gasteiger partial charge in [-0.1, -0.05) is 0 Å². The molecule has 2 aromatic rings. The SMILES string of the molecule is Cn1cc(CN2CCO[C@H]3[C@@H](Oc4cccnc4)CC[C@@H]32)cn1.O=C(O)C(F)(F)F.O=C(O)C(F)(F)F. The molecule has 0 unspecified atom stereocenters. The van der Waals surface area contributed by atoms with E-state index in [0.29, 0.717) is 6.04 Å². The summed E-state index contributed by atoms with van der Waals surface area (Å²) in [6.45, 7) is 2.65. The Balaban J connectivity index is 0.000000286. The summed E-state index contributed by atoms with van der Waals surface area (Å²) in [4.78, 5) is 24.4. The van der Waals surface area contributed by atoms with Crippen molar-refractivity contribution in [2.75, 3.05) is 13.2 Å². The van der Waals surface area contributed by atoms with E-state index in [4.69, 9.17) is 29.3 Å². The van der Waals surface area contributed by atoms with Crippen LogP contribution in [0.15, 0.2) is 36.9 Å². The first-order valence-corrected chi connectivity index (χ1v) is 10.7. The van der Waals surface area contributed by atoms with E-state index in [1.807, 2.05) is 30.1 Å². The number of nitrogens with zero attached hydrogens (tertiary/aromatic N) is 4. The van der Waals surface area contributed by atoms with Crippen molar-refractivity contribution in [1.82, 2.24) is 19.7 Å². The third kappa shape index (κ3) is 9.53. The molecule has 4 rings (SSSR count). The van der Waals surface area contributed by atoms with Crippen molar-refractivity contribution in [2.24, 2.45) is 7.05 Å². The van der Waals surface area contributed by atoms with Gasteiger partial charge in [-0.2, -0.15) is 31.4 Å². The Labute approximate surface area is 206 Å². The van der Waals surface area contributed by atoms with Crippen LogP contribution in [0.2, 0.25) is 0 Å². The zero-order valence-corrected chi connectivity index (χ0v) is 19.3. The maximum absolute atomic E-state index is 10.6. The van der Waals surface area contributed by atoms with Crippen molar-refractivity contribution in [1.29, 1.82) is 0 Å². The highest BCUT2D eigenvalue weighted by atomic mass is 19.4. The van der Waals surface area contributed by atoms with Crippen LogP contribution >= 0.6 is 0 Å². The van der Waals surface area contributed by atoms with Gasteiger partial charge >= 0.3 is 24.3 Å². The van der Waals surface area contributed by atoms with Crippen molar-refractivity contribution in [3.8, 4) is 5.75 Å². The van der Waals surface area contributed by atoms with E-state index in [0.717, 1.165) is 38.3 Å². The van der Waals surface area contributed by atoms with Crippen LogP contribution in [0.1, 0.15) is 18.4 Å². The highest BCUT2D eigenvalue weighted by molar-refractivity contribution is 5.73. The average Bonchev–Trinajstić information content (AvgIpc) is 3.40. The van der Waals surface area contributed by atoms with Crippen molar-refractivity contribution in [3.63, 3.8) is 0 Å². The fourth-order valence-corrected chi connectivity index (χ4v) is 3.69. The Morgan fingerprint density at radius 3 is 2.22 bits per heavy atom. The van der Waals surface area contributed by atoms with Gasteiger partial charge in [0.2, 0.25) is 0 Å². The Kier molecular flexibility index (Phi) is 10.2. The topological polar surface area (TPSA) is 127 Å². The third-order valence-electron chi connectivity index (χ3n) is 5.20. The normalized spacial score (nSPS) is 21.5. The number of hydrogen-bond donors (Lipinski definition) is 2. The van der Waals surface area contributed by atoms with Crippen LogP contribution in [0, 0.1) is 0 Å². The van der Waals surface area contributed by atoms with Crippen LogP contribution in [-0.2, 0) is 27.9 Å². The summed E-state index contributed by atoms with van der Waals surface area (Å²) in [5.74, 6) is -4.69. The van der Waals surface area contributed by atoms with E-state index < -0.39 is 24.3 Å². The van der Waals surface area contributed by atoms with Gasteiger partial charge in [0, 0.05) is 44.1 Å². The lowest BCUT2D eigenvalue weighted by molar-refractivity contribution is -0.193. The monoisotopic (exact) mass is 542 g/mol. The maximum Gasteiger partial charge on any atom is 0.490 e. The lowest BCUT2D eigenvalue weighted by Crippen LogP contribution is -2.51. The maximum atomic E-state index is 10.6. The molecule has 1 aliphatic carbocycles. The van der Waals surface area contributed by atoms with E-state index in [1.54, 1.807) is 12.4 Å². The van der Waals surface area contributed by atoms with Crippen molar-refractivity contribution >= 4 is 11.9 Å². The van der Waals surface area contributed by atoms with E-state index in [9.17, 15) is 26.3 Å². The van der Waals surface area contributed by atoms with Gasteiger partial charge in [0.1, 0.15) is 18.0 Å². The van der Waals surface area contributed by atoms with Gasteiger partial charge < -0.3 is 19.7 Å². The first kappa shape index (κ1) is 29.8. The molecule has 16 heteroatoms. The molecular weight excluding hydrogens is 518 g/mol. The molecule has 2 aromatic heterocycles. The first-order valence-electron chi connectivity index (χ1n) is 10.7. The molecule has 206 valence electrons. The number of pyridine rings is 1. The number of carboxylic acid groups (broad SMARTS) is 2. The second kappa shape index (κ2) is 12.7. The third-order valence-corrected chi connectivity index (χ3v) is 5.20. The van der Waals surface area contributed by atoms with Crippen molar-refractivity contribution in [3.05, 3.63) is 42.5 Å². The summed E-state index contributed by atoms with van der Waals surface area (Å²) in [5.41, 5.74) is 1.25. The molecule has 2 aliphatic rings. The summed E-state index contributed by atoms with van der Waals surface area (Å²) in [6, 6.07) is 4.28. The molecule has 1 saturated heterocycles. The Morgan fingerprint density at radius 2 is 1.73 bits per heavy atom. The number of aliphatic carboxylic acids is 2. The largest absolute Gasteiger partial charge is 0.490 e. The second-order valence-electron chi connectivity index (χ2n) is 7.92. The van der Waals surface area contributed by atoms with Gasteiger partial charge in [-0.3, -0.25) is 14.6 Å². The van der Waals surface area contributed by atoms with E-state index in [1.165, 1.54) is 5.56 Å². The smallest absolute Gasteiger partial charge is 0.486 e. The van der Waals surface area contributed by atoms with Gasteiger partial charge in [0.25, 0.3) is 0 Å². The van der Waals surface area contributed by atoms with Crippen LogP contribution in [0.3, 0.4) is 0 Å². The zero-order chi connectivity index (χ0) is 27.8. The summed E-state index contributed by atoms with van der Waals surface area (Å²) in [5, 5.41) is 18.5. The summed E-state index contributed by atoms with van der Waals surface area (Å²) >= 11 is 0. The number of aromatic nitrogens is 3. The van der Waals surface area contributed by atoms with Crippen LogP contribution < -0.4 is 4.74 Å². The summed E-state index contributed by atoms with van der Waals surface area (Å²) in [6.07, 6.45) is -0.224. The van der Waals surface area contributed by atoms with Crippen LogP contribution in [0.25, 0.3) is 0 Å². The first-order chi connectivity index (χ1) is 17.2. The number of carboxylic acids is 2. The van der Waals surface area contributed by atoms with Crippen LogP contribution in [0.4, 0.5) is 26.3 Å². The van der Waals surface area contributed by atoms with Crippen molar-refractivity contribution < 1.29 is 55.6 Å². The van der Waals surface area contributed by atoms with Gasteiger partial charge in [0.05, 0.1) is 19.0 Å². The van der Waals surface area contributed by atoms with E-state index in [-0.39, 0.29) is 12.2 Å². The molecule has 37 heavy (non-hydrogen) atoms. The van der Waals surface area contributed by atoms with Gasteiger partial charge in [-0.05, 0) is 25.0 Å². The zero-order valence-electron chi connectivity index (χ0n) is 19.3. The summed E-state index contributed by atoms with van der Waals surface area (Å²) in [7, 11) is 1.96. The molecule has 3 atom stereocenters. The standard InChI is InChI=1S/C17H22N4O2.2C2HF3O2/c1-20-11-13(9-19-20)12-21-7-8-22-17-15(21)4-5-16(17)23-14-3-2-6-18-10-14;2*3-2(4,5)1(6)7/h2-3,6,9-11,15-17H,4-5,7-8,12H2,1H3;2*(H,6,7)/t15-,16-,17+;;/m0../s1. The number of carbonyl (C=O) groups is 2. The Hall–Kier alpha value is -3.40. The lowest BCUT2D eigenvalue weighted by atomic mass is 10.1. The highest BCUT2D eigenvalue weighted by Gasteiger charge is 2.44. The second-order valence-corrected chi connectivity index (χ2v) is 7.92. The van der Waals surface area contributed by atoms with Crippen LogP contribution in [-0.4, -0.2) is 85.6 Å². The molecule has 0 bridgehead atoms. The molecule has 1 aliphatic heterocycles. The molecule has 10 nitrogen and oxygen atoms in total. The van der Waals surface area contributed by atoms with Gasteiger partial charge in [-0.15, -0.1) is 0 Å². The summed E-state index contributed by atoms with van der Waals surface area (Å²) < 4.78 is 77.5. The molecule has 0 spiro atoms.